The fraction of sp³-hybridized carbons (Fsp3) is 0.500. The Kier molecular flexibility index (Phi) is 3.84. The molecule has 2 aromatic rings. The van der Waals surface area contributed by atoms with Crippen molar-refractivity contribution in [3.63, 3.8) is 0 Å². The van der Waals surface area contributed by atoms with Gasteiger partial charge in [0, 0.05) is 13.7 Å². The van der Waals surface area contributed by atoms with Gasteiger partial charge in [-0.1, -0.05) is 0 Å². The number of nitrogens with one attached hydrogen (secondary N) is 2. The Morgan fingerprint density at radius 2 is 2.35 bits per heavy atom. The van der Waals surface area contributed by atoms with Gasteiger partial charge in [-0.05, 0) is 6.42 Å². The van der Waals surface area contributed by atoms with Crippen molar-refractivity contribution in [2.45, 2.75) is 12.5 Å². The van der Waals surface area contributed by atoms with Crippen molar-refractivity contribution in [2.75, 3.05) is 25.6 Å². The monoisotopic (exact) mass is 237 g/mol. The normalized spacial score (nSPS) is 12.8. The van der Waals surface area contributed by atoms with Gasteiger partial charge in [0.25, 0.3) is 0 Å². The maximum Gasteiger partial charge on any atom is 0.182 e. The van der Waals surface area contributed by atoms with Crippen LogP contribution in [0.4, 0.5) is 5.82 Å². The van der Waals surface area contributed by atoms with E-state index >= 15 is 0 Å². The molecule has 0 aromatic carbocycles. The zero-order chi connectivity index (χ0) is 12.1. The van der Waals surface area contributed by atoms with Crippen molar-refractivity contribution in [1.29, 1.82) is 0 Å². The van der Waals surface area contributed by atoms with Gasteiger partial charge in [-0.15, -0.1) is 0 Å². The van der Waals surface area contributed by atoms with Crippen LogP contribution in [0.2, 0.25) is 0 Å². The molecule has 3 N–H and O–H groups in total. The lowest BCUT2D eigenvalue weighted by molar-refractivity contribution is 0.170. The summed E-state index contributed by atoms with van der Waals surface area (Å²) in [6.45, 7) is 0.596. The average Bonchev–Trinajstić information content (AvgIpc) is 2.79. The summed E-state index contributed by atoms with van der Waals surface area (Å²) in [6, 6.07) is 0.00593. The highest BCUT2D eigenvalue weighted by atomic mass is 16.5. The minimum absolute atomic E-state index is 0.00593. The van der Waals surface area contributed by atoms with E-state index in [1.165, 1.54) is 6.33 Å². The van der Waals surface area contributed by atoms with Gasteiger partial charge in [0.1, 0.15) is 11.8 Å². The predicted molar refractivity (Wildman–Crippen MR) is 62.7 cm³/mol. The number of hydrogen-bond acceptors (Lipinski definition) is 6. The number of nitrogens with zero attached hydrogens (tertiary/aromatic N) is 3. The molecule has 0 bridgehead atoms. The first kappa shape index (κ1) is 11.7. The summed E-state index contributed by atoms with van der Waals surface area (Å²) in [5.74, 6) is 0.669. The second-order valence-electron chi connectivity index (χ2n) is 3.63. The zero-order valence-corrected chi connectivity index (χ0v) is 9.55. The number of methoxy groups -OCH3 is 1. The van der Waals surface area contributed by atoms with Gasteiger partial charge in [0.15, 0.2) is 11.5 Å². The SMILES string of the molecule is COCC(CCO)Nc1ncnc2nc[nH]c12. The summed E-state index contributed by atoms with van der Waals surface area (Å²) in [5.41, 5.74) is 1.37. The van der Waals surface area contributed by atoms with Crippen molar-refractivity contribution >= 4 is 17.0 Å². The molecule has 1 atom stereocenters. The molecule has 0 fully saturated rings. The number of aromatic nitrogens is 4. The molecule has 0 spiro atoms. The minimum atomic E-state index is 0.00593. The van der Waals surface area contributed by atoms with E-state index in [0.717, 1.165) is 5.52 Å². The van der Waals surface area contributed by atoms with E-state index in [0.29, 0.717) is 24.5 Å². The van der Waals surface area contributed by atoms with Crippen LogP contribution in [0, 0.1) is 0 Å². The van der Waals surface area contributed by atoms with Crippen LogP contribution in [0.15, 0.2) is 12.7 Å². The van der Waals surface area contributed by atoms with Crippen LogP contribution in [0.3, 0.4) is 0 Å². The number of rotatable bonds is 6. The smallest absolute Gasteiger partial charge is 0.182 e. The van der Waals surface area contributed by atoms with E-state index in [1.807, 2.05) is 0 Å². The van der Waals surface area contributed by atoms with Gasteiger partial charge in [0.2, 0.25) is 0 Å². The lowest BCUT2D eigenvalue weighted by Crippen LogP contribution is -2.26. The number of aliphatic hydroxyl groups is 1. The van der Waals surface area contributed by atoms with Crippen molar-refractivity contribution in [2.24, 2.45) is 0 Å². The van der Waals surface area contributed by atoms with E-state index in [1.54, 1.807) is 13.4 Å². The molecule has 0 saturated heterocycles. The van der Waals surface area contributed by atoms with E-state index in [4.69, 9.17) is 9.84 Å². The number of hydrogen-bond donors (Lipinski definition) is 3. The second kappa shape index (κ2) is 5.55. The molecule has 0 aliphatic heterocycles. The lowest BCUT2D eigenvalue weighted by Gasteiger charge is -2.17. The lowest BCUT2D eigenvalue weighted by atomic mass is 10.2. The van der Waals surface area contributed by atoms with Crippen LogP contribution in [-0.2, 0) is 4.74 Å². The van der Waals surface area contributed by atoms with Crippen LogP contribution >= 0.6 is 0 Å². The molecule has 0 saturated carbocycles. The summed E-state index contributed by atoms with van der Waals surface area (Å²) >= 11 is 0. The number of anilines is 1. The Morgan fingerprint density at radius 3 is 3.12 bits per heavy atom. The molecule has 2 aromatic heterocycles. The van der Waals surface area contributed by atoms with Gasteiger partial charge in [-0.25, -0.2) is 15.0 Å². The van der Waals surface area contributed by atoms with Gasteiger partial charge >= 0.3 is 0 Å². The third kappa shape index (κ3) is 2.69. The van der Waals surface area contributed by atoms with Gasteiger partial charge < -0.3 is 20.1 Å². The molecule has 7 nitrogen and oxygen atoms in total. The Morgan fingerprint density at radius 1 is 1.47 bits per heavy atom. The molecular weight excluding hydrogens is 222 g/mol. The molecule has 92 valence electrons. The average molecular weight is 237 g/mol. The highest BCUT2D eigenvalue weighted by molar-refractivity contribution is 5.82. The van der Waals surface area contributed by atoms with E-state index in [2.05, 4.69) is 25.3 Å². The molecule has 17 heavy (non-hydrogen) atoms. The third-order valence-corrected chi connectivity index (χ3v) is 2.41. The Balaban J connectivity index is 2.18. The van der Waals surface area contributed by atoms with Crippen molar-refractivity contribution < 1.29 is 9.84 Å². The zero-order valence-electron chi connectivity index (χ0n) is 9.55. The summed E-state index contributed by atoms with van der Waals surface area (Å²) in [7, 11) is 1.62. The first-order chi connectivity index (χ1) is 8.35. The standard InChI is InChI=1S/C10H15N5O2/c1-17-4-7(2-3-16)15-10-8-9(12-5-11-8)13-6-14-10/h5-7,16H,2-4H2,1H3,(H2,11,12,13,14,15). The molecular formula is C10H15N5O2. The van der Waals surface area contributed by atoms with Crippen molar-refractivity contribution in [1.82, 2.24) is 19.9 Å². The Hall–Kier alpha value is -1.73. The van der Waals surface area contributed by atoms with Crippen LogP contribution in [0.1, 0.15) is 6.42 Å². The molecule has 2 rings (SSSR count). The van der Waals surface area contributed by atoms with Crippen LogP contribution < -0.4 is 5.32 Å². The first-order valence-corrected chi connectivity index (χ1v) is 5.35. The summed E-state index contributed by atoms with van der Waals surface area (Å²) in [5, 5.41) is 12.2. The van der Waals surface area contributed by atoms with Gasteiger partial charge in [0.05, 0.1) is 19.0 Å². The topological polar surface area (TPSA) is 96.0 Å². The van der Waals surface area contributed by atoms with Crippen molar-refractivity contribution in [3.05, 3.63) is 12.7 Å². The van der Waals surface area contributed by atoms with Gasteiger partial charge in [-0.3, -0.25) is 0 Å². The van der Waals surface area contributed by atoms with E-state index in [-0.39, 0.29) is 12.6 Å². The Labute approximate surface area is 98.3 Å². The van der Waals surface area contributed by atoms with Crippen molar-refractivity contribution in [3.8, 4) is 0 Å². The third-order valence-electron chi connectivity index (χ3n) is 2.41. The molecule has 0 amide bonds. The quantitative estimate of drug-likeness (QED) is 0.662. The van der Waals surface area contributed by atoms with Crippen LogP contribution in [0.5, 0.6) is 0 Å². The predicted octanol–water partition coefficient (Wildman–Crippen LogP) is 0.162. The van der Waals surface area contributed by atoms with Gasteiger partial charge in [-0.2, -0.15) is 0 Å². The Bertz CT molecular complexity index is 466. The molecule has 0 radical (unpaired) electrons. The summed E-state index contributed by atoms with van der Waals surface area (Å²) < 4.78 is 5.08. The maximum atomic E-state index is 8.97. The second-order valence-corrected chi connectivity index (χ2v) is 3.63. The maximum absolute atomic E-state index is 8.97. The first-order valence-electron chi connectivity index (χ1n) is 5.35. The molecule has 7 heteroatoms. The number of imidazole rings is 1. The number of H-pyrrole nitrogens is 1. The number of aliphatic hydroxyl groups excluding tert-OH is 1. The number of ether oxygens (including phenoxy) is 1. The van der Waals surface area contributed by atoms with Crippen LogP contribution in [-0.4, -0.2) is 51.4 Å². The van der Waals surface area contributed by atoms with E-state index < -0.39 is 0 Å². The highest BCUT2D eigenvalue weighted by Gasteiger charge is 2.12. The summed E-state index contributed by atoms with van der Waals surface area (Å²) in [4.78, 5) is 15.2. The molecule has 1 unspecified atom stereocenters. The van der Waals surface area contributed by atoms with E-state index in [9.17, 15) is 0 Å². The fourth-order valence-corrected chi connectivity index (χ4v) is 1.62. The van der Waals surface area contributed by atoms with Crippen LogP contribution in [0.25, 0.3) is 11.2 Å². The molecule has 0 aliphatic rings. The molecule has 2 heterocycles. The number of aromatic amines is 1. The fourth-order valence-electron chi connectivity index (χ4n) is 1.62. The molecule has 0 aliphatic carbocycles. The largest absolute Gasteiger partial charge is 0.396 e. The number of fused-ring (bicyclic) bond motifs is 1. The summed E-state index contributed by atoms with van der Waals surface area (Å²) in [6.07, 6.45) is 3.61. The highest BCUT2D eigenvalue weighted by Crippen LogP contribution is 2.16. The minimum Gasteiger partial charge on any atom is -0.396 e.